The largest absolute Gasteiger partial charge is 0.497 e. The van der Waals surface area contributed by atoms with Gasteiger partial charge in [0.15, 0.2) is 0 Å². The molecule has 0 amide bonds. The van der Waals surface area contributed by atoms with Gasteiger partial charge in [-0.1, -0.05) is 44.2 Å². The molecule has 0 radical (unpaired) electrons. The number of benzene rings is 2. The number of piperidine rings is 1. The molecule has 0 N–H and O–H groups in total. The zero-order valence-corrected chi connectivity index (χ0v) is 16.4. The van der Waals surface area contributed by atoms with E-state index in [-0.39, 0.29) is 11.6 Å². The van der Waals surface area contributed by atoms with Crippen LogP contribution in [0.1, 0.15) is 44.6 Å². The van der Waals surface area contributed by atoms with Gasteiger partial charge in [0.25, 0.3) is 0 Å². The summed E-state index contributed by atoms with van der Waals surface area (Å²) in [6.07, 6.45) is 3.38. The van der Waals surface area contributed by atoms with E-state index < -0.39 is 0 Å². The molecule has 0 spiro atoms. The van der Waals surface area contributed by atoms with Crippen LogP contribution in [0.3, 0.4) is 0 Å². The molecule has 0 bridgehead atoms. The maximum absolute atomic E-state index is 6.69. The van der Waals surface area contributed by atoms with E-state index in [4.69, 9.17) is 9.47 Å². The van der Waals surface area contributed by atoms with Gasteiger partial charge < -0.3 is 9.47 Å². The topological polar surface area (TPSA) is 21.7 Å². The maximum Gasteiger partial charge on any atom is 0.124 e. The fourth-order valence-electron chi connectivity index (χ4n) is 4.53. The molecule has 2 atom stereocenters. The molecule has 1 aliphatic rings. The molecule has 26 heavy (non-hydrogen) atoms. The first kappa shape index (κ1) is 18.8. The van der Waals surface area contributed by atoms with Crippen LogP contribution in [0.25, 0.3) is 0 Å². The third-order valence-corrected chi connectivity index (χ3v) is 6.21. The Balaban J connectivity index is 1.98. The molecule has 140 valence electrons. The number of hydrogen-bond donors (Lipinski definition) is 0. The first-order valence-corrected chi connectivity index (χ1v) is 9.71. The van der Waals surface area contributed by atoms with Gasteiger partial charge in [0.05, 0.1) is 12.6 Å². The highest BCUT2D eigenvalue weighted by Crippen LogP contribution is 2.43. The van der Waals surface area contributed by atoms with Crippen molar-refractivity contribution < 1.29 is 9.47 Å². The minimum atomic E-state index is 0.0404. The van der Waals surface area contributed by atoms with E-state index >= 15 is 0 Å². The molecular formula is C23H31NO2. The van der Waals surface area contributed by atoms with Crippen LogP contribution in [0.4, 0.5) is 0 Å². The smallest absolute Gasteiger partial charge is 0.124 e. The Morgan fingerprint density at radius 2 is 1.58 bits per heavy atom. The van der Waals surface area contributed by atoms with E-state index in [1.165, 1.54) is 5.56 Å². The van der Waals surface area contributed by atoms with Crippen molar-refractivity contribution in [1.82, 2.24) is 4.90 Å². The van der Waals surface area contributed by atoms with Crippen molar-refractivity contribution >= 4 is 0 Å². The normalized spacial score (nSPS) is 22.8. The molecule has 1 aliphatic heterocycles. The zero-order chi connectivity index (χ0) is 18.6. The van der Waals surface area contributed by atoms with Crippen molar-refractivity contribution in [3.8, 4) is 11.5 Å². The summed E-state index contributed by atoms with van der Waals surface area (Å²) in [4.78, 5) is 2.51. The Labute approximate surface area is 157 Å². The molecule has 0 aliphatic carbocycles. The monoisotopic (exact) mass is 353 g/mol. The highest BCUT2D eigenvalue weighted by atomic mass is 16.5. The highest BCUT2D eigenvalue weighted by molar-refractivity contribution is 5.33. The summed E-state index contributed by atoms with van der Waals surface area (Å²) in [5.74, 6) is 2.17. The average Bonchev–Trinajstić information content (AvgIpc) is 2.70. The Hall–Kier alpha value is -2.00. The van der Waals surface area contributed by atoms with Crippen LogP contribution < -0.4 is 9.47 Å². The van der Waals surface area contributed by atoms with Crippen molar-refractivity contribution in [2.45, 2.75) is 50.7 Å². The zero-order valence-electron chi connectivity index (χ0n) is 16.4. The van der Waals surface area contributed by atoms with Gasteiger partial charge in [0, 0.05) is 5.92 Å². The number of nitrogens with zero attached hydrogens (tertiary/aromatic N) is 1. The minimum absolute atomic E-state index is 0.0404. The summed E-state index contributed by atoms with van der Waals surface area (Å²) in [5, 5.41) is 0. The summed E-state index contributed by atoms with van der Waals surface area (Å²) >= 11 is 0. The molecule has 0 aromatic heterocycles. The fraction of sp³-hybridized carbons (Fsp3) is 0.478. The first-order valence-electron chi connectivity index (χ1n) is 9.71. The van der Waals surface area contributed by atoms with Crippen LogP contribution in [0, 0.1) is 0 Å². The molecule has 1 fully saturated rings. The van der Waals surface area contributed by atoms with Gasteiger partial charge in [0.1, 0.15) is 17.6 Å². The Morgan fingerprint density at radius 3 is 2.15 bits per heavy atom. The van der Waals surface area contributed by atoms with Crippen molar-refractivity contribution in [2.24, 2.45) is 0 Å². The lowest BCUT2D eigenvalue weighted by atomic mass is 9.71. The summed E-state index contributed by atoms with van der Waals surface area (Å²) in [6, 6.07) is 18.8. The lowest BCUT2D eigenvalue weighted by Crippen LogP contribution is -2.62. The highest BCUT2D eigenvalue weighted by Gasteiger charge is 2.48. The molecule has 0 saturated carbocycles. The predicted molar refractivity (Wildman–Crippen MR) is 107 cm³/mol. The van der Waals surface area contributed by atoms with Crippen LogP contribution in [-0.2, 0) is 0 Å². The maximum atomic E-state index is 6.69. The van der Waals surface area contributed by atoms with Crippen molar-refractivity contribution in [3.63, 3.8) is 0 Å². The molecule has 1 heterocycles. The lowest BCUT2D eigenvalue weighted by molar-refractivity contribution is -0.0564. The first-order chi connectivity index (χ1) is 12.6. The van der Waals surface area contributed by atoms with Crippen LogP contribution in [0.15, 0.2) is 54.6 Å². The second-order valence-corrected chi connectivity index (χ2v) is 7.25. The fourth-order valence-corrected chi connectivity index (χ4v) is 4.53. The minimum Gasteiger partial charge on any atom is -0.497 e. The molecule has 3 rings (SSSR count). The number of rotatable bonds is 6. The number of likely N-dealkylation sites (tertiary alicyclic amines) is 1. The van der Waals surface area contributed by atoms with E-state index in [1.54, 1.807) is 7.11 Å². The quantitative estimate of drug-likeness (QED) is 0.719. The van der Waals surface area contributed by atoms with Crippen molar-refractivity contribution in [2.75, 3.05) is 20.7 Å². The number of ether oxygens (including phenoxy) is 2. The van der Waals surface area contributed by atoms with Crippen LogP contribution in [0.2, 0.25) is 0 Å². The number of likely N-dealkylation sites (N-methyl/N-ethyl adjacent to an activating group) is 1. The predicted octanol–water partition coefficient (Wildman–Crippen LogP) is 5.12. The second kappa shape index (κ2) is 8.13. The standard InChI is InChI=1S/C23H31NO2/c1-5-23(6-2)22(26-20-14-12-19(25-4)13-15-20)21(16-17-24(23)3)18-10-8-7-9-11-18/h7-15,21-22H,5-6,16-17H2,1-4H3/t21-,22-/m1/s1. The van der Waals surface area contributed by atoms with Crippen molar-refractivity contribution in [3.05, 3.63) is 60.2 Å². The molecule has 2 aromatic rings. The summed E-state index contributed by atoms with van der Waals surface area (Å²) in [7, 11) is 3.94. The van der Waals surface area contributed by atoms with Gasteiger partial charge in [-0.2, -0.15) is 0 Å². The van der Waals surface area contributed by atoms with Crippen LogP contribution in [-0.4, -0.2) is 37.2 Å². The van der Waals surface area contributed by atoms with Gasteiger partial charge in [-0.15, -0.1) is 0 Å². The van der Waals surface area contributed by atoms with Crippen molar-refractivity contribution in [1.29, 1.82) is 0 Å². The third kappa shape index (κ3) is 3.45. The third-order valence-electron chi connectivity index (χ3n) is 6.21. The van der Waals surface area contributed by atoms with E-state index in [2.05, 4.69) is 56.1 Å². The molecule has 1 saturated heterocycles. The molecule has 2 aromatic carbocycles. The van der Waals surface area contributed by atoms with Gasteiger partial charge in [-0.3, -0.25) is 4.90 Å². The molecule has 3 heteroatoms. The van der Waals surface area contributed by atoms with Crippen LogP contribution in [0.5, 0.6) is 11.5 Å². The van der Waals surface area contributed by atoms with Gasteiger partial charge >= 0.3 is 0 Å². The Morgan fingerprint density at radius 1 is 0.962 bits per heavy atom. The van der Waals surface area contributed by atoms with Crippen LogP contribution >= 0.6 is 0 Å². The van der Waals surface area contributed by atoms with E-state index in [1.807, 2.05) is 24.3 Å². The molecular weight excluding hydrogens is 322 g/mol. The second-order valence-electron chi connectivity index (χ2n) is 7.25. The van der Waals surface area contributed by atoms with Gasteiger partial charge in [-0.25, -0.2) is 0 Å². The number of hydrogen-bond acceptors (Lipinski definition) is 3. The average molecular weight is 354 g/mol. The Kier molecular flexibility index (Phi) is 5.87. The summed E-state index contributed by atoms with van der Waals surface area (Å²) < 4.78 is 12.0. The van der Waals surface area contributed by atoms with Gasteiger partial charge in [-0.05, 0) is 62.7 Å². The lowest BCUT2D eigenvalue weighted by Gasteiger charge is -2.53. The van der Waals surface area contributed by atoms with E-state index in [9.17, 15) is 0 Å². The summed E-state index contributed by atoms with van der Waals surface area (Å²) in [6.45, 7) is 5.68. The van der Waals surface area contributed by atoms with Gasteiger partial charge in [0.2, 0.25) is 0 Å². The Bertz CT molecular complexity index is 679. The summed E-state index contributed by atoms with van der Waals surface area (Å²) in [5.41, 5.74) is 1.42. The molecule has 0 unspecified atom stereocenters. The van der Waals surface area contributed by atoms with E-state index in [0.717, 1.165) is 37.3 Å². The van der Waals surface area contributed by atoms with E-state index in [0.29, 0.717) is 5.92 Å². The SMILES string of the molecule is CCC1(CC)[C@H](Oc2ccc(OC)cc2)[C@@H](c2ccccc2)CCN1C. The molecule has 3 nitrogen and oxygen atoms in total. The number of methoxy groups -OCH3 is 1.